The fourth-order valence-corrected chi connectivity index (χ4v) is 5.80. The van der Waals surface area contributed by atoms with Gasteiger partial charge in [0, 0.05) is 31.7 Å². The second-order valence-corrected chi connectivity index (χ2v) is 11.5. The lowest BCUT2D eigenvalue weighted by atomic mass is 10.0. The van der Waals surface area contributed by atoms with Crippen LogP contribution in [0, 0.1) is 27.7 Å². The highest BCUT2D eigenvalue weighted by Crippen LogP contribution is 2.26. The summed E-state index contributed by atoms with van der Waals surface area (Å²) in [7, 11) is -3.85. The molecule has 0 spiro atoms. The molecular formula is C23H38N4O4S. The molecule has 1 atom stereocenters. The van der Waals surface area contributed by atoms with Gasteiger partial charge in [0.2, 0.25) is 21.8 Å². The largest absolute Gasteiger partial charge is 0.350 e. The van der Waals surface area contributed by atoms with Gasteiger partial charge in [-0.3, -0.25) is 14.5 Å². The summed E-state index contributed by atoms with van der Waals surface area (Å²) in [5, 5.41) is 2.94. The Kier molecular flexibility index (Phi) is 8.12. The van der Waals surface area contributed by atoms with Crippen LogP contribution in [0.25, 0.3) is 0 Å². The molecule has 32 heavy (non-hydrogen) atoms. The standard InChI is InChI=1S/C23H38N4O4S/c1-15-13-16(2)18(4)21(17(15)3)32(30,31)25-19(5)22(29)27-11-9-26(10-12-27)14-20(28)24-23(6,7)8/h13,19,25H,9-12,14H2,1-8H3,(H,24,28)/t19-/m0/s1. The van der Waals surface area contributed by atoms with Crippen molar-refractivity contribution in [1.82, 2.24) is 19.8 Å². The number of rotatable bonds is 6. The lowest BCUT2D eigenvalue weighted by Crippen LogP contribution is -2.56. The van der Waals surface area contributed by atoms with Crippen LogP contribution >= 0.6 is 0 Å². The fourth-order valence-electron chi connectivity index (χ4n) is 3.99. The number of amides is 2. The van der Waals surface area contributed by atoms with E-state index in [1.54, 1.807) is 25.7 Å². The molecule has 0 aliphatic carbocycles. The summed E-state index contributed by atoms with van der Waals surface area (Å²) in [6.07, 6.45) is 0. The van der Waals surface area contributed by atoms with Gasteiger partial charge in [-0.2, -0.15) is 4.72 Å². The molecule has 1 aromatic carbocycles. The van der Waals surface area contributed by atoms with Crippen LogP contribution in [-0.2, 0) is 19.6 Å². The highest BCUT2D eigenvalue weighted by molar-refractivity contribution is 7.89. The van der Waals surface area contributed by atoms with E-state index in [1.807, 2.05) is 45.6 Å². The molecule has 1 saturated heterocycles. The van der Waals surface area contributed by atoms with E-state index in [4.69, 9.17) is 0 Å². The molecule has 9 heteroatoms. The van der Waals surface area contributed by atoms with Gasteiger partial charge in [0.05, 0.1) is 17.5 Å². The predicted molar refractivity (Wildman–Crippen MR) is 126 cm³/mol. The number of benzene rings is 1. The van der Waals surface area contributed by atoms with Crippen molar-refractivity contribution in [2.24, 2.45) is 0 Å². The molecule has 2 rings (SSSR count). The van der Waals surface area contributed by atoms with E-state index in [2.05, 4.69) is 10.0 Å². The second-order valence-electron chi connectivity index (χ2n) is 9.83. The molecule has 1 fully saturated rings. The van der Waals surface area contributed by atoms with Crippen molar-refractivity contribution in [2.75, 3.05) is 32.7 Å². The lowest BCUT2D eigenvalue weighted by Gasteiger charge is -2.36. The van der Waals surface area contributed by atoms with E-state index in [0.29, 0.717) is 37.3 Å². The minimum Gasteiger partial charge on any atom is -0.350 e. The Morgan fingerprint density at radius 1 is 1.00 bits per heavy atom. The summed E-state index contributed by atoms with van der Waals surface area (Å²) in [4.78, 5) is 29.0. The third-order valence-electron chi connectivity index (χ3n) is 5.83. The molecule has 2 amide bonds. The Morgan fingerprint density at radius 3 is 1.97 bits per heavy atom. The van der Waals surface area contributed by atoms with Crippen LogP contribution in [0.15, 0.2) is 11.0 Å². The van der Waals surface area contributed by atoms with Gasteiger partial charge >= 0.3 is 0 Å². The summed E-state index contributed by atoms with van der Waals surface area (Å²) in [5.41, 5.74) is 2.91. The maximum Gasteiger partial charge on any atom is 0.241 e. The Bertz CT molecular complexity index is 948. The van der Waals surface area contributed by atoms with Crippen molar-refractivity contribution in [3.8, 4) is 0 Å². The third-order valence-corrected chi connectivity index (χ3v) is 7.65. The van der Waals surface area contributed by atoms with Gasteiger partial charge < -0.3 is 10.2 Å². The molecule has 1 aliphatic heterocycles. The second kappa shape index (κ2) is 9.89. The first-order valence-electron chi connectivity index (χ1n) is 11.0. The molecule has 1 heterocycles. The Balaban J connectivity index is 2.00. The first kappa shape index (κ1) is 26.3. The summed E-state index contributed by atoms with van der Waals surface area (Å²) in [6.45, 7) is 17.1. The maximum absolute atomic E-state index is 13.1. The first-order chi connectivity index (χ1) is 14.6. The van der Waals surface area contributed by atoms with Gasteiger partial charge in [-0.1, -0.05) is 6.07 Å². The SMILES string of the molecule is Cc1cc(C)c(C)c(S(=O)(=O)N[C@@H](C)C(=O)N2CCN(CC(=O)NC(C)(C)C)CC2)c1C. The zero-order chi connectivity index (χ0) is 24.4. The van der Waals surface area contributed by atoms with Gasteiger partial charge in [0.15, 0.2) is 0 Å². The lowest BCUT2D eigenvalue weighted by molar-refractivity contribution is -0.134. The van der Waals surface area contributed by atoms with Crippen LogP contribution in [0.1, 0.15) is 49.9 Å². The van der Waals surface area contributed by atoms with Crippen LogP contribution in [0.3, 0.4) is 0 Å². The van der Waals surface area contributed by atoms with Crippen LogP contribution in [-0.4, -0.2) is 74.3 Å². The first-order valence-corrected chi connectivity index (χ1v) is 12.5. The zero-order valence-electron chi connectivity index (χ0n) is 20.6. The summed E-state index contributed by atoms with van der Waals surface area (Å²) in [6, 6.07) is 1.09. The third kappa shape index (κ3) is 6.52. The van der Waals surface area contributed by atoms with E-state index in [-0.39, 0.29) is 28.8 Å². The van der Waals surface area contributed by atoms with Crippen molar-refractivity contribution in [2.45, 2.75) is 71.9 Å². The van der Waals surface area contributed by atoms with Crippen molar-refractivity contribution in [1.29, 1.82) is 0 Å². The number of piperazine rings is 1. The minimum absolute atomic E-state index is 0.0439. The molecule has 0 radical (unpaired) electrons. The highest BCUT2D eigenvalue weighted by Gasteiger charge is 2.30. The molecule has 2 N–H and O–H groups in total. The molecule has 1 aromatic rings. The van der Waals surface area contributed by atoms with Gasteiger partial charge in [0.25, 0.3) is 0 Å². The smallest absolute Gasteiger partial charge is 0.241 e. The van der Waals surface area contributed by atoms with E-state index < -0.39 is 16.1 Å². The summed E-state index contributed by atoms with van der Waals surface area (Å²) in [5.74, 6) is -0.301. The molecule has 180 valence electrons. The molecular weight excluding hydrogens is 428 g/mol. The van der Waals surface area contributed by atoms with Gasteiger partial charge in [-0.05, 0) is 77.6 Å². The average Bonchev–Trinajstić information content (AvgIpc) is 2.64. The number of carbonyl (C=O) groups is 2. The zero-order valence-corrected chi connectivity index (χ0v) is 21.4. The van der Waals surface area contributed by atoms with E-state index in [0.717, 1.165) is 11.1 Å². The minimum atomic E-state index is -3.85. The number of aryl methyl sites for hydroxylation is 2. The van der Waals surface area contributed by atoms with E-state index in [9.17, 15) is 18.0 Å². The molecule has 1 aliphatic rings. The Morgan fingerprint density at radius 2 is 1.50 bits per heavy atom. The topological polar surface area (TPSA) is 98.8 Å². The van der Waals surface area contributed by atoms with Crippen molar-refractivity contribution < 1.29 is 18.0 Å². The molecule has 0 unspecified atom stereocenters. The van der Waals surface area contributed by atoms with Crippen molar-refractivity contribution >= 4 is 21.8 Å². The molecule has 0 bridgehead atoms. The van der Waals surface area contributed by atoms with Gasteiger partial charge in [-0.25, -0.2) is 8.42 Å². The number of nitrogens with zero attached hydrogens (tertiary/aromatic N) is 2. The number of carbonyl (C=O) groups excluding carboxylic acids is 2. The van der Waals surface area contributed by atoms with Crippen LogP contribution < -0.4 is 10.0 Å². The molecule has 0 aromatic heterocycles. The predicted octanol–water partition coefficient (Wildman–Crippen LogP) is 1.65. The Hall–Kier alpha value is -1.97. The quantitative estimate of drug-likeness (QED) is 0.664. The average molecular weight is 467 g/mol. The van der Waals surface area contributed by atoms with E-state index in [1.165, 1.54) is 0 Å². The summed E-state index contributed by atoms with van der Waals surface area (Å²) < 4.78 is 28.8. The molecule has 8 nitrogen and oxygen atoms in total. The van der Waals surface area contributed by atoms with E-state index >= 15 is 0 Å². The van der Waals surface area contributed by atoms with Crippen LogP contribution in [0.5, 0.6) is 0 Å². The monoisotopic (exact) mass is 466 g/mol. The highest BCUT2D eigenvalue weighted by atomic mass is 32.2. The van der Waals surface area contributed by atoms with Gasteiger partial charge in [-0.15, -0.1) is 0 Å². The fraction of sp³-hybridized carbons (Fsp3) is 0.652. The number of nitrogens with one attached hydrogen (secondary N) is 2. The van der Waals surface area contributed by atoms with Crippen LogP contribution in [0.4, 0.5) is 0 Å². The number of sulfonamides is 1. The number of hydrogen-bond acceptors (Lipinski definition) is 5. The van der Waals surface area contributed by atoms with Gasteiger partial charge in [0.1, 0.15) is 0 Å². The Labute approximate surface area is 192 Å². The molecule has 0 saturated carbocycles. The number of hydrogen-bond donors (Lipinski definition) is 2. The maximum atomic E-state index is 13.1. The van der Waals surface area contributed by atoms with Crippen molar-refractivity contribution in [3.63, 3.8) is 0 Å². The normalized spacial score (nSPS) is 16.7. The van der Waals surface area contributed by atoms with Crippen molar-refractivity contribution in [3.05, 3.63) is 28.3 Å². The summed E-state index contributed by atoms with van der Waals surface area (Å²) >= 11 is 0. The van der Waals surface area contributed by atoms with Crippen LogP contribution in [0.2, 0.25) is 0 Å².